The van der Waals surface area contributed by atoms with Crippen molar-refractivity contribution >= 4 is 35.0 Å². The van der Waals surface area contributed by atoms with E-state index < -0.39 is 0 Å². The number of piperidine rings is 1. The Balaban J connectivity index is 1.65. The van der Waals surface area contributed by atoms with Gasteiger partial charge in [-0.25, -0.2) is 15.0 Å². The van der Waals surface area contributed by atoms with Crippen molar-refractivity contribution < 1.29 is 0 Å². The number of halogens is 2. The van der Waals surface area contributed by atoms with Crippen LogP contribution < -0.4 is 9.80 Å². The lowest BCUT2D eigenvalue weighted by molar-refractivity contribution is 0.475. The van der Waals surface area contributed by atoms with Gasteiger partial charge < -0.3 is 9.80 Å². The van der Waals surface area contributed by atoms with E-state index in [9.17, 15) is 0 Å². The third-order valence-corrected chi connectivity index (χ3v) is 4.66. The van der Waals surface area contributed by atoms with Gasteiger partial charge >= 0.3 is 0 Å². The molecule has 0 amide bonds. The highest BCUT2D eigenvalue weighted by atomic mass is 35.5. The molecule has 0 bridgehead atoms. The minimum atomic E-state index is 0.347. The van der Waals surface area contributed by atoms with E-state index in [1.807, 2.05) is 13.1 Å². The summed E-state index contributed by atoms with van der Waals surface area (Å²) < 4.78 is 0. The summed E-state index contributed by atoms with van der Waals surface area (Å²) >= 11 is 12.1. The number of pyridine rings is 1. The third-order valence-electron chi connectivity index (χ3n) is 4.18. The number of hydrogen-bond donors (Lipinski definition) is 0. The highest BCUT2D eigenvalue weighted by Gasteiger charge is 2.25. The molecule has 0 spiro atoms. The smallest absolute Gasteiger partial charge is 0.225 e. The molecule has 0 radical (unpaired) electrons. The fraction of sp³-hybridized carbons (Fsp3) is 0.375. The van der Waals surface area contributed by atoms with Crippen LogP contribution in [0.3, 0.4) is 0 Å². The SMILES string of the molecule is CN(c1ncc(Cl)cn1)C1CCN(c2ncc(C#N)cc2Cl)CC1. The second kappa shape index (κ2) is 7.20. The summed E-state index contributed by atoms with van der Waals surface area (Å²) in [6.07, 6.45) is 6.66. The minimum Gasteiger partial charge on any atom is -0.355 e. The summed E-state index contributed by atoms with van der Waals surface area (Å²) in [6.45, 7) is 1.67. The maximum absolute atomic E-state index is 8.90. The molecule has 1 fully saturated rings. The van der Waals surface area contributed by atoms with E-state index in [2.05, 4.69) is 24.8 Å². The molecule has 2 aromatic rings. The van der Waals surface area contributed by atoms with Crippen LogP contribution in [0.25, 0.3) is 0 Å². The van der Waals surface area contributed by atoms with Crippen LogP contribution in [0, 0.1) is 11.3 Å². The normalized spacial score (nSPS) is 15.2. The zero-order chi connectivity index (χ0) is 17.1. The molecule has 1 aliphatic rings. The number of hydrogen-bond acceptors (Lipinski definition) is 6. The first-order chi connectivity index (χ1) is 11.6. The van der Waals surface area contributed by atoms with Crippen molar-refractivity contribution in [1.29, 1.82) is 5.26 Å². The molecule has 0 saturated carbocycles. The molecule has 0 N–H and O–H groups in total. The number of nitrogens with zero attached hydrogens (tertiary/aromatic N) is 6. The van der Waals surface area contributed by atoms with Crippen molar-refractivity contribution in [2.75, 3.05) is 29.9 Å². The van der Waals surface area contributed by atoms with Gasteiger partial charge in [-0.15, -0.1) is 0 Å². The molecule has 2 aromatic heterocycles. The summed E-state index contributed by atoms with van der Waals surface area (Å²) in [6, 6.07) is 4.05. The van der Waals surface area contributed by atoms with E-state index in [0.29, 0.717) is 27.6 Å². The summed E-state index contributed by atoms with van der Waals surface area (Å²) in [5.74, 6) is 1.41. The van der Waals surface area contributed by atoms with Crippen molar-refractivity contribution in [2.24, 2.45) is 0 Å². The largest absolute Gasteiger partial charge is 0.355 e. The Labute approximate surface area is 150 Å². The van der Waals surface area contributed by atoms with Crippen LogP contribution in [0.1, 0.15) is 18.4 Å². The Morgan fingerprint density at radius 3 is 2.42 bits per heavy atom. The highest BCUT2D eigenvalue weighted by Crippen LogP contribution is 2.28. The van der Waals surface area contributed by atoms with E-state index in [-0.39, 0.29) is 0 Å². The third kappa shape index (κ3) is 3.53. The Morgan fingerprint density at radius 1 is 1.17 bits per heavy atom. The predicted molar refractivity (Wildman–Crippen MR) is 94.6 cm³/mol. The molecule has 6 nitrogen and oxygen atoms in total. The van der Waals surface area contributed by atoms with Crippen LogP contribution in [0.5, 0.6) is 0 Å². The molecule has 0 aromatic carbocycles. The Morgan fingerprint density at radius 2 is 1.83 bits per heavy atom. The maximum atomic E-state index is 8.90. The first-order valence-corrected chi connectivity index (χ1v) is 8.35. The standard InChI is InChI=1S/C16H16Cl2N6/c1-23(16-21-9-12(17)10-22-16)13-2-4-24(5-3-13)15-14(18)6-11(7-19)8-20-15/h6,8-10,13H,2-5H2,1H3. The Bertz CT molecular complexity index is 750. The second-order valence-corrected chi connectivity index (χ2v) is 6.52. The number of rotatable bonds is 3. The van der Waals surface area contributed by atoms with Gasteiger partial charge in [0.25, 0.3) is 0 Å². The monoisotopic (exact) mass is 362 g/mol. The quantitative estimate of drug-likeness (QED) is 0.835. The average Bonchev–Trinajstić information content (AvgIpc) is 2.62. The molecule has 8 heteroatoms. The average molecular weight is 363 g/mol. The molecule has 0 atom stereocenters. The van der Waals surface area contributed by atoms with Crippen LogP contribution in [0.4, 0.5) is 11.8 Å². The van der Waals surface area contributed by atoms with E-state index in [1.165, 1.54) is 0 Å². The van der Waals surface area contributed by atoms with Gasteiger partial charge in [0.1, 0.15) is 11.9 Å². The van der Waals surface area contributed by atoms with Gasteiger partial charge in [0.05, 0.1) is 28.0 Å². The molecular weight excluding hydrogens is 347 g/mol. The second-order valence-electron chi connectivity index (χ2n) is 5.67. The topological polar surface area (TPSA) is 68.9 Å². The zero-order valence-corrected chi connectivity index (χ0v) is 14.7. The van der Waals surface area contributed by atoms with Gasteiger partial charge in [0, 0.05) is 32.4 Å². The first kappa shape index (κ1) is 16.7. The van der Waals surface area contributed by atoms with Gasteiger partial charge in [0.15, 0.2) is 0 Å². The lowest BCUT2D eigenvalue weighted by atomic mass is 10.0. The van der Waals surface area contributed by atoms with Gasteiger partial charge in [-0.2, -0.15) is 5.26 Å². The van der Waals surface area contributed by atoms with Crippen LogP contribution >= 0.6 is 23.2 Å². The lowest BCUT2D eigenvalue weighted by Gasteiger charge is -2.37. The summed E-state index contributed by atoms with van der Waals surface area (Å²) in [7, 11) is 2.00. The Kier molecular flexibility index (Phi) is 5.03. The van der Waals surface area contributed by atoms with Crippen molar-refractivity contribution in [2.45, 2.75) is 18.9 Å². The summed E-state index contributed by atoms with van der Waals surface area (Å²) in [5, 5.41) is 9.94. The molecule has 1 saturated heterocycles. The fourth-order valence-electron chi connectivity index (χ4n) is 2.84. The fourth-order valence-corrected chi connectivity index (χ4v) is 3.22. The number of anilines is 2. The van der Waals surface area contributed by atoms with Crippen molar-refractivity contribution in [1.82, 2.24) is 15.0 Å². The first-order valence-electron chi connectivity index (χ1n) is 7.59. The van der Waals surface area contributed by atoms with Crippen molar-refractivity contribution in [3.63, 3.8) is 0 Å². The van der Waals surface area contributed by atoms with E-state index in [4.69, 9.17) is 28.5 Å². The van der Waals surface area contributed by atoms with Gasteiger partial charge in [-0.05, 0) is 18.9 Å². The molecular formula is C16H16Cl2N6. The van der Waals surface area contributed by atoms with E-state index >= 15 is 0 Å². The predicted octanol–water partition coefficient (Wildman–Crippen LogP) is 3.16. The van der Waals surface area contributed by atoms with Crippen LogP contribution in [0.2, 0.25) is 10.0 Å². The zero-order valence-electron chi connectivity index (χ0n) is 13.2. The molecule has 24 heavy (non-hydrogen) atoms. The maximum Gasteiger partial charge on any atom is 0.225 e. The van der Waals surface area contributed by atoms with Crippen LogP contribution in [-0.2, 0) is 0 Å². The lowest BCUT2D eigenvalue weighted by Crippen LogP contribution is -2.44. The molecule has 3 rings (SSSR count). The summed E-state index contributed by atoms with van der Waals surface area (Å²) in [4.78, 5) is 17.1. The van der Waals surface area contributed by atoms with E-state index in [1.54, 1.807) is 24.7 Å². The minimum absolute atomic E-state index is 0.347. The van der Waals surface area contributed by atoms with Crippen LogP contribution in [0.15, 0.2) is 24.7 Å². The van der Waals surface area contributed by atoms with Gasteiger partial charge in [-0.1, -0.05) is 23.2 Å². The van der Waals surface area contributed by atoms with Crippen LogP contribution in [-0.4, -0.2) is 41.1 Å². The van der Waals surface area contributed by atoms with E-state index in [0.717, 1.165) is 31.7 Å². The molecule has 0 aliphatic carbocycles. The molecule has 3 heterocycles. The van der Waals surface area contributed by atoms with Gasteiger partial charge in [-0.3, -0.25) is 0 Å². The number of aromatic nitrogens is 3. The summed E-state index contributed by atoms with van der Waals surface area (Å²) in [5.41, 5.74) is 0.471. The Hall–Kier alpha value is -2.10. The van der Waals surface area contributed by atoms with Gasteiger partial charge in [0.2, 0.25) is 5.95 Å². The number of nitriles is 1. The van der Waals surface area contributed by atoms with Crippen molar-refractivity contribution in [3.05, 3.63) is 40.3 Å². The highest BCUT2D eigenvalue weighted by molar-refractivity contribution is 6.33. The molecule has 1 aliphatic heterocycles. The molecule has 124 valence electrons. The molecule has 0 unspecified atom stereocenters. The van der Waals surface area contributed by atoms with Crippen molar-refractivity contribution in [3.8, 4) is 6.07 Å².